The monoisotopic (exact) mass is 294 g/mol. The molecule has 0 fully saturated rings. The van der Waals surface area contributed by atoms with Crippen molar-refractivity contribution in [2.45, 2.75) is 0 Å². The quantitative estimate of drug-likeness (QED) is 0.729. The summed E-state index contributed by atoms with van der Waals surface area (Å²) in [5.74, 6) is 1.25. The second-order valence-electron chi connectivity index (χ2n) is 3.78. The molecular weight excluding hydrogens is 287 g/mol. The van der Waals surface area contributed by atoms with Gasteiger partial charge in [-0.2, -0.15) is 0 Å². The van der Waals surface area contributed by atoms with Crippen molar-refractivity contribution in [3.8, 4) is 17.1 Å². The van der Waals surface area contributed by atoms with E-state index in [-0.39, 0.29) is 0 Å². The van der Waals surface area contributed by atoms with E-state index in [1.807, 2.05) is 0 Å². The van der Waals surface area contributed by atoms with E-state index in [9.17, 15) is 0 Å². The maximum Gasteiger partial charge on any atom is 0.198 e. The minimum Gasteiger partial charge on any atom is -0.496 e. The molecule has 3 rings (SSSR count). The van der Waals surface area contributed by atoms with E-state index in [1.165, 1.54) is 0 Å². The van der Waals surface area contributed by atoms with Crippen LogP contribution >= 0.6 is 23.2 Å². The minimum absolute atomic E-state index is 0.294. The lowest BCUT2D eigenvalue weighted by atomic mass is 10.2. The molecule has 0 unspecified atom stereocenters. The molecular formula is C12H8Cl2N4O. The number of ether oxygens (including phenoxy) is 1. The number of benzene rings is 1. The first-order chi connectivity index (χ1) is 9.20. The number of rotatable bonds is 2. The molecule has 0 atom stereocenters. The van der Waals surface area contributed by atoms with Crippen LogP contribution in [0.2, 0.25) is 10.2 Å². The van der Waals surface area contributed by atoms with E-state index < -0.39 is 0 Å². The highest BCUT2D eigenvalue weighted by molar-refractivity contribution is 6.32. The van der Waals surface area contributed by atoms with Gasteiger partial charge in [-0.15, -0.1) is 10.2 Å². The van der Waals surface area contributed by atoms with Crippen LogP contribution < -0.4 is 4.74 Å². The minimum atomic E-state index is 0.294. The summed E-state index contributed by atoms with van der Waals surface area (Å²) in [6.07, 6.45) is 3.32. The Labute approximate surface area is 118 Å². The summed E-state index contributed by atoms with van der Waals surface area (Å²) in [6, 6.07) is 5.30. The van der Waals surface area contributed by atoms with Gasteiger partial charge < -0.3 is 4.74 Å². The maximum atomic E-state index is 6.02. The third-order valence-corrected chi connectivity index (χ3v) is 3.19. The van der Waals surface area contributed by atoms with E-state index in [4.69, 9.17) is 27.9 Å². The second kappa shape index (κ2) is 4.68. The molecule has 0 bridgehead atoms. The zero-order valence-electron chi connectivity index (χ0n) is 9.84. The molecule has 2 aromatic heterocycles. The summed E-state index contributed by atoms with van der Waals surface area (Å²) in [5, 5.41) is 9.03. The van der Waals surface area contributed by atoms with Crippen LogP contribution in [0.3, 0.4) is 0 Å². The average molecular weight is 295 g/mol. The summed E-state index contributed by atoms with van der Waals surface area (Å²) in [4.78, 5) is 3.96. The van der Waals surface area contributed by atoms with Crippen molar-refractivity contribution < 1.29 is 4.74 Å². The fraction of sp³-hybridized carbons (Fsp3) is 0.0833. The van der Waals surface area contributed by atoms with E-state index in [0.29, 0.717) is 27.4 Å². The Morgan fingerprint density at radius 1 is 1.21 bits per heavy atom. The van der Waals surface area contributed by atoms with E-state index in [2.05, 4.69) is 15.2 Å². The third kappa shape index (κ3) is 2.01. The molecule has 0 N–H and O–H groups in total. The fourth-order valence-electron chi connectivity index (χ4n) is 1.84. The fourth-order valence-corrected chi connectivity index (χ4v) is 2.19. The van der Waals surface area contributed by atoms with Gasteiger partial charge in [0.05, 0.1) is 12.7 Å². The maximum absolute atomic E-state index is 6.02. The van der Waals surface area contributed by atoms with Gasteiger partial charge in [0.1, 0.15) is 5.75 Å². The first kappa shape index (κ1) is 12.2. The van der Waals surface area contributed by atoms with Gasteiger partial charge in [-0.25, -0.2) is 4.98 Å². The molecule has 1 aromatic carbocycles. The highest BCUT2D eigenvalue weighted by Gasteiger charge is 2.15. The number of fused-ring (bicyclic) bond motifs is 1. The molecule has 0 spiro atoms. The summed E-state index contributed by atoms with van der Waals surface area (Å²) in [6.45, 7) is 0. The Morgan fingerprint density at radius 3 is 2.84 bits per heavy atom. The van der Waals surface area contributed by atoms with Gasteiger partial charge in [0, 0.05) is 17.4 Å². The van der Waals surface area contributed by atoms with Crippen molar-refractivity contribution in [3.63, 3.8) is 0 Å². The van der Waals surface area contributed by atoms with Gasteiger partial charge in [-0.05, 0) is 18.2 Å². The molecule has 0 aliphatic rings. The van der Waals surface area contributed by atoms with Gasteiger partial charge in [0.15, 0.2) is 16.6 Å². The Bertz CT molecular complexity index is 757. The van der Waals surface area contributed by atoms with Crippen LogP contribution in [0.1, 0.15) is 0 Å². The van der Waals surface area contributed by atoms with Gasteiger partial charge in [-0.3, -0.25) is 4.40 Å². The molecule has 3 aromatic rings. The van der Waals surface area contributed by atoms with Crippen molar-refractivity contribution in [2.24, 2.45) is 0 Å². The molecule has 7 heteroatoms. The van der Waals surface area contributed by atoms with Crippen LogP contribution in [0.4, 0.5) is 0 Å². The molecule has 0 aliphatic heterocycles. The number of methoxy groups -OCH3 is 1. The molecule has 0 saturated carbocycles. The number of nitrogens with zero attached hydrogens (tertiary/aromatic N) is 4. The molecule has 96 valence electrons. The first-order valence-corrected chi connectivity index (χ1v) is 6.15. The Balaban J connectivity index is 2.30. The average Bonchev–Trinajstić information content (AvgIpc) is 2.84. The summed E-state index contributed by atoms with van der Waals surface area (Å²) in [5.41, 5.74) is 1.23. The van der Waals surface area contributed by atoms with Crippen molar-refractivity contribution in [2.75, 3.05) is 7.11 Å². The van der Waals surface area contributed by atoms with Crippen molar-refractivity contribution in [3.05, 3.63) is 40.8 Å². The third-order valence-electron chi connectivity index (χ3n) is 2.69. The van der Waals surface area contributed by atoms with E-state index in [1.54, 1.807) is 42.1 Å². The number of hydrogen-bond acceptors (Lipinski definition) is 4. The number of hydrogen-bond donors (Lipinski definition) is 0. The van der Waals surface area contributed by atoms with Crippen molar-refractivity contribution in [1.82, 2.24) is 19.6 Å². The van der Waals surface area contributed by atoms with Crippen molar-refractivity contribution >= 4 is 28.8 Å². The Kier molecular flexibility index (Phi) is 3.00. The Morgan fingerprint density at radius 2 is 2.05 bits per heavy atom. The van der Waals surface area contributed by atoms with Gasteiger partial charge in [-0.1, -0.05) is 23.2 Å². The van der Waals surface area contributed by atoms with E-state index in [0.717, 1.165) is 5.56 Å². The van der Waals surface area contributed by atoms with E-state index >= 15 is 0 Å². The summed E-state index contributed by atoms with van der Waals surface area (Å²) in [7, 11) is 1.59. The van der Waals surface area contributed by atoms with Crippen LogP contribution in [-0.2, 0) is 0 Å². The van der Waals surface area contributed by atoms with Gasteiger partial charge in [0.25, 0.3) is 0 Å². The van der Waals surface area contributed by atoms with Crippen LogP contribution in [0, 0.1) is 0 Å². The van der Waals surface area contributed by atoms with Crippen LogP contribution in [0.5, 0.6) is 5.75 Å². The summed E-state index contributed by atoms with van der Waals surface area (Å²) >= 11 is 12.0. The smallest absolute Gasteiger partial charge is 0.198 e. The predicted molar refractivity (Wildman–Crippen MR) is 72.8 cm³/mol. The number of aromatic nitrogens is 4. The Hall–Kier alpha value is -1.85. The zero-order chi connectivity index (χ0) is 13.4. The molecule has 0 amide bonds. The molecule has 19 heavy (non-hydrogen) atoms. The van der Waals surface area contributed by atoms with Crippen LogP contribution in [-0.4, -0.2) is 26.7 Å². The van der Waals surface area contributed by atoms with Gasteiger partial charge >= 0.3 is 0 Å². The lowest BCUT2D eigenvalue weighted by Crippen LogP contribution is -1.94. The molecule has 5 nitrogen and oxygen atoms in total. The standard InChI is InChI=1S/C12H8Cl2N4O/c1-19-9-3-2-7(13)6-8(9)11-16-17-12-10(14)15-4-5-18(11)12/h2-6H,1H3. The normalized spacial score (nSPS) is 10.9. The van der Waals surface area contributed by atoms with Crippen LogP contribution in [0.25, 0.3) is 17.0 Å². The SMILES string of the molecule is COc1ccc(Cl)cc1-c1nnc2c(Cl)nccn12. The number of halogens is 2. The summed E-state index contributed by atoms with van der Waals surface area (Å²) < 4.78 is 7.05. The molecule has 0 saturated heterocycles. The lowest BCUT2D eigenvalue weighted by molar-refractivity contribution is 0.416. The van der Waals surface area contributed by atoms with Crippen LogP contribution in [0.15, 0.2) is 30.6 Å². The topological polar surface area (TPSA) is 52.3 Å². The van der Waals surface area contributed by atoms with Crippen molar-refractivity contribution in [1.29, 1.82) is 0 Å². The second-order valence-corrected chi connectivity index (χ2v) is 4.57. The van der Waals surface area contributed by atoms with Gasteiger partial charge in [0.2, 0.25) is 0 Å². The first-order valence-electron chi connectivity index (χ1n) is 5.40. The highest BCUT2D eigenvalue weighted by atomic mass is 35.5. The molecule has 0 radical (unpaired) electrons. The zero-order valence-corrected chi connectivity index (χ0v) is 11.4. The largest absolute Gasteiger partial charge is 0.496 e. The molecule has 2 heterocycles. The lowest BCUT2D eigenvalue weighted by Gasteiger charge is -2.07. The molecule has 0 aliphatic carbocycles. The predicted octanol–water partition coefficient (Wildman–Crippen LogP) is 3.11. The highest BCUT2D eigenvalue weighted by Crippen LogP contribution is 2.32.